The first kappa shape index (κ1) is 36.5. The van der Waals surface area contributed by atoms with Crippen LogP contribution < -0.4 is 0 Å². The lowest BCUT2D eigenvalue weighted by atomic mass is 9.89. The number of benzene rings is 9. The lowest BCUT2D eigenvalue weighted by molar-refractivity contribution is 1.18. The molecule has 3 nitrogen and oxygen atoms in total. The number of hydrogen-bond donors (Lipinski definition) is 0. The molecule has 0 saturated carbocycles. The predicted octanol–water partition coefficient (Wildman–Crippen LogP) is 15.9. The molecule has 3 heterocycles. The van der Waals surface area contributed by atoms with E-state index in [0.717, 1.165) is 72.6 Å². The van der Waals surface area contributed by atoms with Gasteiger partial charge in [0.05, 0.1) is 33.6 Å². The van der Waals surface area contributed by atoms with Crippen molar-refractivity contribution in [3.8, 4) is 72.8 Å². The number of hydrogen-bond acceptors (Lipinski definition) is 2. The first-order valence-electron chi connectivity index (χ1n) is 21.5. The van der Waals surface area contributed by atoms with Crippen molar-refractivity contribution in [2.75, 3.05) is 0 Å². The van der Waals surface area contributed by atoms with E-state index in [1.807, 2.05) is 0 Å². The molecule has 3 heteroatoms. The van der Waals surface area contributed by atoms with E-state index < -0.39 is 0 Å². The Morgan fingerprint density at radius 3 is 1.37 bits per heavy atom. The maximum absolute atomic E-state index is 5.38. The minimum Gasteiger partial charge on any atom is -0.309 e. The standard InChI is InChI=1S/C60H39N3/c1-4-17-40(18-5-1)53-39-56(42-21-8-3-9-22-42)62-57-38-52(48-25-10-11-28-51(48)60(53)57)45-24-16-23-44(35-45)46-36-54(41-19-6-2-7-20-41)61-55(37-46)43-31-33-47(34-32-43)63-58-29-14-12-26-49(58)50-27-13-15-30-59(50)63/h1-39H. The molecule has 0 aliphatic rings. The van der Waals surface area contributed by atoms with Crippen molar-refractivity contribution in [1.82, 2.24) is 14.5 Å². The summed E-state index contributed by atoms with van der Waals surface area (Å²) in [6.45, 7) is 0. The van der Waals surface area contributed by atoms with Crippen molar-refractivity contribution in [2.45, 2.75) is 0 Å². The minimum absolute atomic E-state index is 0.924. The number of rotatable bonds is 7. The molecule has 3 aromatic heterocycles. The molecular weight excluding hydrogens is 763 g/mol. The number of fused-ring (bicyclic) bond motifs is 6. The van der Waals surface area contributed by atoms with Gasteiger partial charge in [-0.3, -0.25) is 0 Å². The number of pyridine rings is 2. The van der Waals surface area contributed by atoms with E-state index in [2.05, 4.69) is 241 Å². The van der Waals surface area contributed by atoms with Crippen molar-refractivity contribution >= 4 is 43.5 Å². The van der Waals surface area contributed by atoms with Crippen LogP contribution in [0.25, 0.3) is 116 Å². The first-order valence-corrected chi connectivity index (χ1v) is 21.5. The second-order valence-electron chi connectivity index (χ2n) is 16.1. The van der Waals surface area contributed by atoms with Crippen LogP contribution in [0.5, 0.6) is 0 Å². The Bertz CT molecular complexity index is 3590. The van der Waals surface area contributed by atoms with Gasteiger partial charge in [0.25, 0.3) is 0 Å². The Kier molecular flexibility index (Phi) is 8.83. The topological polar surface area (TPSA) is 30.7 Å². The van der Waals surface area contributed by atoms with Gasteiger partial charge in [0.2, 0.25) is 0 Å². The van der Waals surface area contributed by atoms with Gasteiger partial charge >= 0.3 is 0 Å². The smallest absolute Gasteiger partial charge is 0.0728 e. The van der Waals surface area contributed by atoms with Gasteiger partial charge in [-0.15, -0.1) is 0 Å². The molecule has 0 aliphatic heterocycles. The number of nitrogens with zero attached hydrogens (tertiary/aromatic N) is 3. The number of aromatic nitrogens is 3. The minimum atomic E-state index is 0.924. The predicted molar refractivity (Wildman–Crippen MR) is 264 cm³/mol. The summed E-state index contributed by atoms with van der Waals surface area (Å²) in [4.78, 5) is 10.7. The quantitative estimate of drug-likeness (QED) is 0.150. The highest BCUT2D eigenvalue weighted by molar-refractivity contribution is 6.18. The largest absolute Gasteiger partial charge is 0.309 e. The van der Waals surface area contributed by atoms with E-state index in [1.165, 1.54) is 43.7 Å². The molecule has 9 aromatic carbocycles. The van der Waals surface area contributed by atoms with E-state index in [9.17, 15) is 0 Å². The Morgan fingerprint density at radius 1 is 0.270 bits per heavy atom. The first-order chi connectivity index (χ1) is 31.2. The maximum atomic E-state index is 5.38. The molecule has 0 amide bonds. The fourth-order valence-electron chi connectivity index (χ4n) is 9.39. The summed E-state index contributed by atoms with van der Waals surface area (Å²) in [5, 5.41) is 6.04. The van der Waals surface area contributed by atoms with Crippen LogP contribution in [0, 0.1) is 0 Å². The van der Waals surface area contributed by atoms with Crippen molar-refractivity contribution in [3.05, 3.63) is 237 Å². The molecule has 0 spiro atoms. The molecule has 0 radical (unpaired) electrons. The van der Waals surface area contributed by atoms with Crippen molar-refractivity contribution < 1.29 is 0 Å². The average Bonchev–Trinajstić information content (AvgIpc) is 3.71. The van der Waals surface area contributed by atoms with E-state index in [-0.39, 0.29) is 0 Å². The highest BCUT2D eigenvalue weighted by atomic mass is 15.0. The third kappa shape index (κ3) is 6.46. The molecule has 12 rings (SSSR count). The van der Waals surface area contributed by atoms with Crippen LogP contribution in [-0.2, 0) is 0 Å². The van der Waals surface area contributed by atoms with Gasteiger partial charge in [-0.05, 0) is 98.8 Å². The molecule has 0 unspecified atom stereocenters. The normalized spacial score (nSPS) is 11.5. The molecule has 0 fully saturated rings. The Labute approximate surface area is 365 Å². The third-order valence-electron chi connectivity index (χ3n) is 12.4. The third-order valence-corrected chi connectivity index (χ3v) is 12.4. The Morgan fingerprint density at radius 2 is 0.746 bits per heavy atom. The molecule has 63 heavy (non-hydrogen) atoms. The fraction of sp³-hybridized carbons (Fsp3) is 0. The summed E-state index contributed by atoms with van der Waals surface area (Å²) in [5.74, 6) is 0. The van der Waals surface area contributed by atoms with Crippen LogP contribution in [0.4, 0.5) is 0 Å². The molecule has 0 aliphatic carbocycles. The molecular formula is C60H39N3. The monoisotopic (exact) mass is 801 g/mol. The molecule has 0 N–H and O–H groups in total. The summed E-state index contributed by atoms with van der Waals surface area (Å²) in [5.41, 5.74) is 17.4. The van der Waals surface area contributed by atoms with Gasteiger partial charge in [-0.2, -0.15) is 0 Å². The van der Waals surface area contributed by atoms with Crippen LogP contribution in [0.3, 0.4) is 0 Å². The molecule has 0 atom stereocenters. The van der Waals surface area contributed by atoms with E-state index in [4.69, 9.17) is 9.97 Å². The molecule has 0 saturated heterocycles. The van der Waals surface area contributed by atoms with Crippen LogP contribution in [0.2, 0.25) is 0 Å². The van der Waals surface area contributed by atoms with Crippen molar-refractivity contribution in [3.63, 3.8) is 0 Å². The highest BCUT2D eigenvalue weighted by Gasteiger charge is 2.18. The van der Waals surface area contributed by atoms with Gasteiger partial charge in [-0.1, -0.05) is 182 Å². The van der Waals surface area contributed by atoms with Crippen LogP contribution >= 0.6 is 0 Å². The van der Waals surface area contributed by atoms with Crippen molar-refractivity contribution in [1.29, 1.82) is 0 Å². The van der Waals surface area contributed by atoms with Crippen LogP contribution in [-0.4, -0.2) is 14.5 Å². The summed E-state index contributed by atoms with van der Waals surface area (Å²) >= 11 is 0. The van der Waals surface area contributed by atoms with Crippen molar-refractivity contribution in [2.24, 2.45) is 0 Å². The van der Waals surface area contributed by atoms with E-state index in [1.54, 1.807) is 0 Å². The maximum Gasteiger partial charge on any atom is 0.0728 e. The zero-order chi connectivity index (χ0) is 41.7. The fourth-order valence-corrected chi connectivity index (χ4v) is 9.39. The average molecular weight is 802 g/mol. The Hall–Kier alpha value is -8.40. The zero-order valence-electron chi connectivity index (χ0n) is 34.4. The molecule has 294 valence electrons. The van der Waals surface area contributed by atoms with Gasteiger partial charge in [0, 0.05) is 38.5 Å². The van der Waals surface area contributed by atoms with E-state index in [0.29, 0.717) is 0 Å². The zero-order valence-corrected chi connectivity index (χ0v) is 34.4. The van der Waals surface area contributed by atoms with Gasteiger partial charge in [-0.25, -0.2) is 9.97 Å². The van der Waals surface area contributed by atoms with Crippen LogP contribution in [0.1, 0.15) is 0 Å². The SMILES string of the molecule is c1ccc(-c2cc(-c3cccc(-c4cc5nc(-c6ccccc6)cc(-c6ccccc6)c5c5ccccc45)c3)cc(-c3ccc(-n4c5ccccc5c5ccccc54)cc3)n2)cc1. The van der Waals surface area contributed by atoms with Gasteiger partial charge in [0.1, 0.15) is 0 Å². The highest BCUT2D eigenvalue weighted by Crippen LogP contribution is 2.42. The van der Waals surface area contributed by atoms with E-state index >= 15 is 0 Å². The van der Waals surface area contributed by atoms with Gasteiger partial charge < -0.3 is 4.57 Å². The number of para-hydroxylation sites is 2. The molecule has 12 aromatic rings. The lowest BCUT2D eigenvalue weighted by Crippen LogP contribution is -1.95. The summed E-state index contributed by atoms with van der Waals surface area (Å²) in [7, 11) is 0. The second-order valence-corrected chi connectivity index (χ2v) is 16.1. The summed E-state index contributed by atoms with van der Waals surface area (Å²) in [6.07, 6.45) is 0. The second kappa shape index (κ2) is 15.3. The summed E-state index contributed by atoms with van der Waals surface area (Å²) in [6, 6.07) is 84.5. The van der Waals surface area contributed by atoms with Gasteiger partial charge in [0.15, 0.2) is 0 Å². The molecule has 0 bridgehead atoms. The Balaban J connectivity index is 1.00. The van der Waals surface area contributed by atoms with Crippen LogP contribution in [0.15, 0.2) is 237 Å². The lowest BCUT2D eigenvalue weighted by Gasteiger charge is -2.17. The summed E-state index contributed by atoms with van der Waals surface area (Å²) < 4.78 is 2.36.